The highest BCUT2D eigenvalue weighted by molar-refractivity contribution is 5.90. The summed E-state index contributed by atoms with van der Waals surface area (Å²) >= 11 is 0. The molecule has 22 heavy (non-hydrogen) atoms. The molecular weight excluding hydrogens is 280 g/mol. The number of Topliss-reactive ketones (excluding diaryl/α,β-unsaturated/α-hetero) is 1. The molecule has 2 aromatic rings. The second-order valence-electron chi connectivity index (χ2n) is 5.34. The number of carbonyl (C=O) groups is 1. The summed E-state index contributed by atoms with van der Waals surface area (Å²) in [5, 5.41) is 18.4. The standard InChI is InChI=1S/C17H20N2O3/c1-11(15-7-13(9-20)3-5-18-15)17(22)12(2)16-8-14(10-21)4-6-19-16/h3-8,11-12,20-21H,9-10H2,1-2H3. The van der Waals surface area contributed by atoms with Crippen LogP contribution in [-0.4, -0.2) is 26.0 Å². The van der Waals surface area contributed by atoms with Gasteiger partial charge < -0.3 is 10.2 Å². The lowest BCUT2D eigenvalue weighted by atomic mass is 9.89. The van der Waals surface area contributed by atoms with Crippen molar-refractivity contribution in [2.75, 3.05) is 0 Å². The number of aromatic nitrogens is 2. The first-order valence-corrected chi connectivity index (χ1v) is 7.22. The molecule has 0 aliphatic carbocycles. The largest absolute Gasteiger partial charge is 0.392 e. The second-order valence-corrected chi connectivity index (χ2v) is 5.34. The molecule has 0 aliphatic rings. The minimum absolute atomic E-state index is 0.00480. The van der Waals surface area contributed by atoms with Crippen LogP contribution in [0.4, 0.5) is 0 Å². The number of rotatable bonds is 6. The molecule has 0 saturated heterocycles. The Labute approximate surface area is 129 Å². The van der Waals surface area contributed by atoms with E-state index < -0.39 is 0 Å². The van der Waals surface area contributed by atoms with Crippen molar-refractivity contribution < 1.29 is 15.0 Å². The third-order valence-corrected chi connectivity index (χ3v) is 3.80. The van der Waals surface area contributed by atoms with Crippen LogP contribution in [0.1, 0.15) is 48.2 Å². The molecule has 2 rings (SSSR count). The highest BCUT2D eigenvalue weighted by Crippen LogP contribution is 2.25. The van der Waals surface area contributed by atoms with E-state index in [9.17, 15) is 15.0 Å². The molecule has 116 valence electrons. The molecule has 0 bridgehead atoms. The highest BCUT2D eigenvalue weighted by Gasteiger charge is 2.25. The van der Waals surface area contributed by atoms with Crippen LogP contribution < -0.4 is 0 Å². The van der Waals surface area contributed by atoms with Gasteiger partial charge in [-0.1, -0.05) is 0 Å². The molecule has 0 spiro atoms. The van der Waals surface area contributed by atoms with Crippen molar-refractivity contribution in [3.63, 3.8) is 0 Å². The average Bonchev–Trinajstić information content (AvgIpc) is 2.59. The molecule has 5 nitrogen and oxygen atoms in total. The Hall–Kier alpha value is -2.11. The number of carbonyl (C=O) groups excluding carboxylic acids is 1. The number of pyridine rings is 2. The van der Waals surface area contributed by atoms with Gasteiger partial charge in [-0.2, -0.15) is 0 Å². The summed E-state index contributed by atoms with van der Waals surface area (Å²) in [7, 11) is 0. The van der Waals surface area contributed by atoms with Gasteiger partial charge in [-0.3, -0.25) is 14.8 Å². The van der Waals surface area contributed by atoms with Crippen LogP contribution in [0, 0.1) is 0 Å². The van der Waals surface area contributed by atoms with Crippen LogP contribution in [0.25, 0.3) is 0 Å². The summed E-state index contributed by atoms with van der Waals surface area (Å²) < 4.78 is 0. The smallest absolute Gasteiger partial charge is 0.150 e. The minimum atomic E-state index is -0.388. The molecule has 2 N–H and O–H groups in total. The van der Waals surface area contributed by atoms with Gasteiger partial charge in [0, 0.05) is 12.4 Å². The van der Waals surface area contributed by atoms with Gasteiger partial charge in [0.2, 0.25) is 0 Å². The summed E-state index contributed by atoms with van der Waals surface area (Å²) in [5.74, 6) is -0.771. The predicted molar refractivity (Wildman–Crippen MR) is 82.2 cm³/mol. The normalized spacial score (nSPS) is 13.6. The topological polar surface area (TPSA) is 83.3 Å². The minimum Gasteiger partial charge on any atom is -0.392 e. The first kappa shape index (κ1) is 16.3. The van der Waals surface area contributed by atoms with E-state index in [4.69, 9.17) is 0 Å². The molecule has 2 atom stereocenters. The van der Waals surface area contributed by atoms with Gasteiger partial charge in [0.05, 0.1) is 36.4 Å². The lowest BCUT2D eigenvalue weighted by Gasteiger charge is -2.16. The van der Waals surface area contributed by atoms with E-state index in [1.807, 2.05) is 0 Å². The summed E-state index contributed by atoms with van der Waals surface area (Å²) in [6.45, 7) is 3.45. The molecule has 2 unspecified atom stereocenters. The molecule has 0 radical (unpaired) electrons. The van der Waals surface area contributed by atoms with Gasteiger partial charge in [0.25, 0.3) is 0 Å². The summed E-state index contributed by atoms with van der Waals surface area (Å²) in [6, 6.07) is 6.92. The van der Waals surface area contributed by atoms with E-state index in [1.165, 1.54) is 0 Å². The van der Waals surface area contributed by atoms with Gasteiger partial charge in [-0.15, -0.1) is 0 Å². The van der Waals surface area contributed by atoms with Crippen molar-refractivity contribution in [1.29, 1.82) is 0 Å². The van der Waals surface area contributed by atoms with Crippen molar-refractivity contribution in [3.05, 3.63) is 59.2 Å². The number of aliphatic hydroxyl groups excluding tert-OH is 2. The SMILES string of the molecule is CC(C(=O)C(C)c1cc(CO)ccn1)c1cc(CO)ccn1. The van der Waals surface area contributed by atoms with Crippen molar-refractivity contribution in [3.8, 4) is 0 Å². The van der Waals surface area contributed by atoms with Gasteiger partial charge in [0.1, 0.15) is 5.78 Å². The zero-order chi connectivity index (χ0) is 16.1. The second kappa shape index (κ2) is 7.24. The Morgan fingerprint density at radius 2 is 1.36 bits per heavy atom. The Morgan fingerprint density at radius 1 is 0.955 bits per heavy atom. The Kier molecular flexibility index (Phi) is 5.35. The van der Waals surface area contributed by atoms with Crippen LogP contribution in [-0.2, 0) is 18.0 Å². The Morgan fingerprint density at radius 3 is 1.73 bits per heavy atom. The van der Waals surface area contributed by atoms with Crippen LogP contribution in [0.5, 0.6) is 0 Å². The maximum absolute atomic E-state index is 12.6. The fourth-order valence-corrected chi connectivity index (χ4v) is 2.33. The van der Waals surface area contributed by atoms with Crippen molar-refractivity contribution in [2.24, 2.45) is 0 Å². The number of nitrogens with zero attached hydrogens (tertiary/aromatic N) is 2. The van der Waals surface area contributed by atoms with E-state index in [0.29, 0.717) is 11.4 Å². The zero-order valence-electron chi connectivity index (χ0n) is 12.7. The van der Waals surface area contributed by atoms with Crippen LogP contribution >= 0.6 is 0 Å². The van der Waals surface area contributed by atoms with Gasteiger partial charge in [0.15, 0.2) is 0 Å². The van der Waals surface area contributed by atoms with Crippen LogP contribution in [0.2, 0.25) is 0 Å². The number of aliphatic hydroxyl groups is 2. The maximum atomic E-state index is 12.6. The quantitative estimate of drug-likeness (QED) is 0.852. The van der Waals surface area contributed by atoms with Gasteiger partial charge in [-0.05, 0) is 49.2 Å². The molecule has 0 aliphatic heterocycles. The lowest BCUT2D eigenvalue weighted by Crippen LogP contribution is -2.18. The fourth-order valence-electron chi connectivity index (χ4n) is 2.33. The molecule has 0 saturated carbocycles. The predicted octanol–water partition coefficient (Wildman–Crippen LogP) is 1.94. The van der Waals surface area contributed by atoms with Crippen molar-refractivity contribution in [2.45, 2.75) is 38.9 Å². The van der Waals surface area contributed by atoms with E-state index in [1.54, 1.807) is 50.5 Å². The number of hydrogen-bond acceptors (Lipinski definition) is 5. The number of ketones is 1. The zero-order valence-corrected chi connectivity index (χ0v) is 12.7. The molecular formula is C17H20N2O3. The maximum Gasteiger partial charge on any atom is 0.150 e. The summed E-state index contributed by atoms with van der Waals surface area (Å²) in [5.41, 5.74) is 2.75. The van der Waals surface area contributed by atoms with E-state index >= 15 is 0 Å². The third kappa shape index (κ3) is 3.55. The molecule has 2 heterocycles. The third-order valence-electron chi connectivity index (χ3n) is 3.80. The first-order valence-electron chi connectivity index (χ1n) is 7.22. The molecule has 5 heteroatoms. The number of hydrogen-bond donors (Lipinski definition) is 2. The molecule has 0 amide bonds. The summed E-state index contributed by atoms with van der Waals surface area (Å²) in [4.78, 5) is 21.1. The molecule has 0 fully saturated rings. The van der Waals surface area contributed by atoms with E-state index in [-0.39, 0.29) is 30.8 Å². The lowest BCUT2D eigenvalue weighted by molar-refractivity contribution is -0.121. The van der Waals surface area contributed by atoms with E-state index in [0.717, 1.165) is 11.1 Å². The van der Waals surface area contributed by atoms with Gasteiger partial charge >= 0.3 is 0 Å². The monoisotopic (exact) mass is 300 g/mol. The van der Waals surface area contributed by atoms with Crippen LogP contribution in [0.15, 0.2) is 36.7 Å². The molecule has 0 aromatic carbocycles. The highest BCUT2D eigenvalue weighted by atomic mass is 16.3. The van der Waals surface area contributed by atoms with Gasteiger partial charge in [-0.25, -0.2) is 0 Å². The first-order chi connectivity index (χ1) is 10.6. The Balaban J connectivity index is 2.21. The van der Waals surface area contributed by atoms with E-state index in [2.05, 4.69) is 9.97 Å². The fraction of sp³-hybridized carbons (Fsp3) is 0.353. The average molecular weight is 300 g/mol. The summed E-state index contributed by atoms with van der Waals surface area (Å²) in [6.07, 6.45) is 3.19. The Bertz CT molecular complexity index is 602. The van der Waals surface area contributed by atoms with Crippen molar-refractivity contribution in [1.82, 2.24) is 9.97 Å². The van der Waals surface area contributed by atoms with Crippen LogP contribution in [0.3, 0.4) is 0 Å². The molecule has 2 aromatic heterocycles. The van der Waals surface area contributed by atoms with Crippen molar-refractivity contribution >= 4 is 5.78 Å².